The first-order valence-corrected chi connectivity index (χ1v) is 5.93. The Balaban J connectivity index is 1.89. The molecule has 1 fully saturated rings. The Hall–Kier alpha value is -0.850. The van der Waals surface area contributed by atoms with Crippen LogP contribution in [-0.4, -0.2) is 6.17 Å². The van der Waals surface area contributed by atoms with Crippen LogP contribution in [0.3, 0.4) is 0 Å². The Kier molecular flexibility index (Phi) is 3.40. The maximum absolute atomic E-state index is 12.9. The summed E-state index contributed by atoms with van der Waals surface area (Å²) in [6.45, 7) is 2.11. The minimum Gasteiger partial charge on any atom is -0.247 e. The molecular weight excluding hydrogens is 187 g/mol. The molecule has 0 unspecified atom stereocenters. The van der Waals surface area contributed by atoms with Crippen LogP contribution in [0.5, 0.6) is 0 Å². The van der Waals surface area contributed by atoms with Crippen LogP contribution in [0, 0.1) is 12.8 Å². The van der Waals surface area contributed by atoms with E-state index in [1.54, 1.807) is 0 Å². The van der Waals surface area contributed by atoms with E-state index in [1.165, 1.54) is 11.1 Å². The summed E-state index contributed by atoms with van der Waals surface area (Å²) in [5.41, 5.74) is 2.72. The number of halogens is 1. The smallest absolute Gasteiger partial charge is 0.100 e. The fourth-order valence-electron chi connectivity index (χ4n) is 2.38. The summed E-state index contributed by atoms with van der Waals surface area (Å²) in [6, 6.07) is 8.74. The maximum Gasteiger partial charge on any atom is 0.100 e. The van der Waals surface area contributed by atoms with Crippen molar-refractivity contribution < 1.29 is 4.39 Å². The van der Waals surface area contributed by atoms with Gasteiger partial charge in [-0.1, -0.05) is 29.8 Å². The second-order valence-corrected chi connectivity index (χ2v) is 4.81. The Labute approximate surface area is 91.5 Å². The molecule has 15 heavy (non-hydrogen) atoms. The first-order chi connectivity index (χ1) is 7.24. The third kappa shape index (κ3) is 3.05. The predicted octanol–water partition coefficient (Wildman–Crippen LogP) is 4.07. The highest BCUT2D eigenvalue weighted by molar-refractivity contribution is 5.21. The molecule has 0 N–H and O–H groups in total. The van der Waals surface area contributed by atoms with E-state index in [-0.39, 0.29) is 0 Å². The van der Waals surface area contributed by atoms with Gasteiger partial charge in [0, 0.05) is 0 Å². The molecule has 1 aliphatic rings. The lowest BCUT2D eigenvalue weighted by atomic mass is 9.84. The first-order valence-electron chi connectivity index (χ1n) is 5.93. The summed E-state index contributed by atoms with van der Waals surface area (Å²) >= 11 is 0. The van der Waals surface area contributed by atoms with E-state index < -0.39 is 6.17 Å². The normalized spacial score (nSPS) is 26.5. The van der Waals surface area contributed by atoms with E-state index in [9.17, 15) is 4.39 Å². The van der Waals surface area contributed by atoms with Crippen LogP contribution in [0.4, 0.5) is 4.39 Å². The number of aryl methyl sites for hydroxylation is 1. The van der Waals surface area contributed by atoms with E-state index >= 15 is 0 Å². The SMILES string of the molecule is Cc1ccc(CC2CCC(F)CC2)cc1. The Morgan fingerprint density at radius 3 is 2.27 bits per heavy atom. The summed E-state index contributed by atoms with van der Waals surface area (Å²) in [4.78, 5) is 0. The molecule has 0 spiro atoms. The fourth-order valence-corrected chi connectivity index (χ4v) is 2.38. The lowest BCUT2D eigenvalue weighted by Crippen LogP contribution is -2.16. The quantitative estimate of drug-likeness (QED) is 0.684. The largest absolute Gasteiger partial charge is 0.247 e. The van der Waals surface area contributed by atoms with E-state index in [0.29, 0.717) is 5.92 Å². The second kappa shape index (κ2) is 4.78. The highest BCUT2D eigenvalue weighted by Crippen LogP contribution is 2.28. The number of hydrogen-bond acceptors (Lipinski definition) is 0. The van der Waals surface area contributed by atoms with Crippen molar-refractivity contribution in [3.63, 3.8) is 0 Å². The Bertz CT molecular complexity index is 294. The van der Waals surface area contributed by atoms with Gasteiger partial charge in [0.05, 0.1) is 0 Å². The van der Waals surface area contributed by atoms with Gasteiger partial charge in [0.25, 0.3) is 0 Å². The molecule has 1 aromatic carbocycles. The highest BCUT2D eigenvalue weighted by Gasteiger charge is 2.20. The molecule has 0 aliphatic heterocycles. The van der Waals surface area contributed by atoms with Crippen LogP contribution in [-0.2, 0) is 6.42 Å². The predicted molar refractivity (Wildman–Crippen MR) is 61.7 cm³/mol. The zero-order valence-electron chi connectivity index (χ0n) is 9.38. The van der Waals surface area contributed by atoms with Crippen LogP contribution in [0.1, 0.15) is 36.8 Å². The van der Waals surface area contributed by atoms with Crippen LogP contribution < -0.4 is 0 Å². The molecule has 1 aromatic rings. The zero-order valence-corrected chi connectivity index (χ0v) is 9.38. The molecule has 82 valence electrons. The second-order valence-electron chi connectivity index (χ2n) is 4.81. The van der Waals surface area contributed by atoms with Gasteiger partial charge >= 0.3 is 0 Å². The summed E-state index contributed by atoms with van der Waals surface area (Å²) in [7, 11) is 0. The van der Waals surface area contributed by atoms with E-state index in [4.69, 9.17) is 0 Å². The average molecular weight is 206 g/mol. The molecule has 2 rings (SSSR count). The average Bonchev–Trinajstić information content (AvgIpc) is 2.25. The fraction of sp³-hybridized carbons (Fsp3) is 0.571. The molecule has 0 bridgehead atoms. The van der Waals surface area contributed by atoms with E-state index in [0.717, 1.165) is 32.1 Å². The van der Waals surface area contributed by atoms with Crippen molar-refractivity contribution in [2.45, 2.75) is 45.2 Å². The van der Waals surface area contributed by atoms with Gasteiger partial charge in [-0.2, -0.15) is 0 Å². The molecule has 0 radical (unpaired) electrons. The molecule has 1 saturated carbocycles. The van der Waals surface area contributed by atoms with Gasteiger partial charge in [0.15, 0.2) is 0 Å². The topological polar surface area (TPSA) is 0 Å². The molecule has 0 nitrogen and oxygen atoms in total. The van der Waals surface area contributed by atoms with Crippen molar-refractivity contribution in [3.05, 3.63) is 35.4 Å². The van der Waals surface area contributed by atoms with Gasteiger partial charge in [-0.15, -0.1) is 0 Å². The molecule has 1 heteroatoms. The molecule has 0 heterocycles. The van der Waals surface area contributed by atoms with Crippen LogP contribution >= 0.6 is 0 Å². The number of rotatable bonds is 2. The third-order valence-electron chi connectivity index (χ3n) is 3.42. The number of alkyl halides is 1. The summed E-state index contributed by atoms with van der Waals surface area (Å²) in [6.07, 6.45) is 4.28. The van der Waals surface area contributed by atoms with E-state index in [1.807, 2.05) is 0 Å². The van der Waals surface area contributed by atoms with Gasteiger partial charge in [-0.3, -0.25) is 0 Å². The van der Waals surface area contributed by atoms with Gasteiger partial charge in [-0.05, 0) is 50.5 Å². The van der Waals surface area contributed by atoms with Crippen molar-refractivity contribution in [2.75, 3.05) is 0 Å². The van der Waals surface area contributed by atoms with Crippen molar-refractivity contribution in [3.8, 4) is 0 Å². The van der Waals surface area contributed by atoms with Gasteiger partial charge in [0.2, 0.25) is 0 Å². The lowest BCUT2D eigenvalue weighted by molar-refractivity contribution is 0.207. The third-order valence-corrected chi connectivity index (χ3v) is 3.42. The number of benzene rings is 1. The summed E-state index contributed by atoms with van der Waals surface area (Å²) in [5, 5.41) is 0. The molecule has 0 aromatic heterocycles. The van der Waals surface area contributed by atoms with Crippen LogP contribution in [0.15, 0.2) is 24.3 Å². The summed E-state index contributed by atoms with van der Waals surface area (Å²) < 4.78 is 12.9. The zero-order chi connectivity index (χ0) is 10.7. The molecular formula is C14H19F. The minimum absolute atomic E-state index is 0.528. The molecule has 0 saturated heterocycles. The molecule has 0 amide bonds. The van der Waals surface area contributed by atoms with E-state index in [2.05, 4.69) is 31.2 Å². The Morgan fingerprint density at radius 2 is 1.67 bits per heavy atom. The highest BCUT2D eigenvalue weighted by atomic mass is 19.1. The summed E-state index contributed by atoms with van der Waals surface area (Å²) in [5.74, 6) is 0.708. The molecule has 0 atom stereocenters. The van der Waals surface area contributed by atoms with Crippen molar-refractivity contribution in [1.29, 1.82) is 0 Å². The van der Waals surface area contributed by atoms with Crippen molar-refractivity contribution in [1.82, 2.24) is 0 Å². The lowest BCUT2D eigenvalue weighted by Gasteiger charge is -2.24. The minimum atomic E-state index is -0.528. The number of hydrogen-bond donors (Lipinski definition) is 0. The maximum atomic E-state index is 12.9. The van der Waals surface area contributed by atoms with Gasteiger partial charge < -0.3 is 0 Å². The van der Waals surface area contributed by atoms with Crippen LogP contribution in [0.25, 0.3) is 0 Å². The van der Waals surface area contributed by atoms with Crippen molar-refractivity contribution in [2.24, 2.45) is 5.92 Å². The first kappa shape index (κ1) is 10.7. The van der Waals surface area contributed by atoms with Crippen molar-refractivity contribution >= 4 is 0 Å². The monoisotopic (exact) mass is 206 g/mol. The Morgan fingerprint density at radius 1 is 1.07 bits per heavy atom. The standard InChI is InChI=1S/C14H19F/c1-11-2-4-12(5-3-11)10-13-6-8-14(15)9-7-13/h2-5,13-14H,6-10H2,1H3. The van der Waals surface area contributed by atoms with Gasteiger partial charge in [0.1, 0.15) is 6.17 Å². The van der Waals surface area contributed by atoms with Gasteiger partial charge in [-0.25, -0.2) is 4.39 Å². The molecule has 1 aliphatic carbocycles. The van der Waals surface area contributed by atoms with Crippen LogP contribution in [0.2, 0.25) is 0 Å².